The monoisotopic (exact) mass is 203 g/mol. The maximum absolute atomic E-state index is 9.63. The molecule has 15 heavy (non-hydrogen) atoms. The quantitative estimate of drug-likeness (QED) is 0.668. The van der Waals surface area contributed by atoms with Gasteiger partial charge in [0.15, 0.2) is 0 Å². The Morgan fingerprint density at radius 3 is 2.80 bits per heavy atom. The molecule has 2 N–H and O–H groups in total. The van der Waals surface area contributed by atoms with Gasteiger partial charge in [-0.1, -0.05) is 18.2 Å². The molecule has 2 unspecified atom stereocenters. The third-order valence-corrected chi connectivity index (χ3v) is 3.13. The highest BCUT2D eigenvalue weighted by atomic mass is 16.3. The third kappa shape index (κ3) is 1.28. The van der Waals surface area contributed by atoms with Crippen molar-refractivity contribution in [3.05, 3.63) is 36.0 Å². The highest BCUT2D eigenvalue weighted by Crippen LogP contribution is 2.25. The van der Waals surface area contributed by atoms with Gasteiger partial charge in [-0.3, -0.25) is 0 Å². The molecule has 3 heteroatoms. The molecule has 0 radical (unpaired) electrons. The van der Waals surface area contributed by atoms with Crippen molar-refractivity contribution in [2.45, 2.75) is 25.2 Å². The molecule has 0 saturated heterocycles. The second-order valence-electron chi connectivity index (χ2n) is 4.14. The van der Waals surface area contributed by atoms with Gasteiger partial charge in [0.2, 0.25) is 0 Å². The van der Waals surface area contributed by atoms with E-state index >= 15 is 0 Å². The van der Waals surface area contributed by atoms with Gasteiger partial charge in [0.1, 0.15) is 0 Å². The Morgan fingerprint density at radius 2 is 1.93 bits per heavy atom. The number of aliphatic hydroxyl groups is 2. The SMILES string of the molecule is OC1Cc2cc3ccccc3n2CC1O. The van der Waals surface area contributed by atoms with E-state index in [0.717, 1.165) is 11.2 Å². The normalized spacial score (nSPS) is 25.5. The van der Waals surface area contributed by atoms with Crippen LogP contribution < -0.4 is 0 Å². The highest BCUT2D eigenvalue weighted by molar-refractivity contribution is 5.81. The van der Waals surface area contributed by atoms with Gasteiger partial charge in [-0.15, -0.1) is 0 Å². The van der Waals surface area contributed by atoms with Gasteiger partial charge in [0.05, 0.1) is 18.8 Å². The fraction of sp³-hybridized carbons (Fsp3) is 0.333. The number of benzene rings is 1. The zero-order valence-electron chi connectivity index (χ0n) is 8.30. The predicted octanol–water partition coefficient (Wildman–Crippen LogP) is 0.919. The number of nitrogens with zero attached hydrogens (tertiary/aromatic N) is 1. The first-order valence-electron chi connectivity index (χ1n) is 5.19. The number of aliphatic hydroxyl groups excluding tert-OH is 2. The molecule has 0 bridgehead atoms. The fourth-order valence-electron chi connectivity index (χ4n) is 2.31. The van der Waals surface area contributed by atoms with Crippen LogP contribution in [-0.4, -0.2) is 27.0 Å². The van der Waals surface area contributed by atoms with E-state index in [4.69, 9.17) is 0 Å². The van der Waals surface area contributed by atoms with Gasteiger partial charge >= 0.3 is 0 Å². The summed E-state index contributed by atoms with van der Waals surface area (Å²) < 4.78 is 2.09. The van der Waals surface area contributed by atoms with Crippen molar-refractivity contribution in [3.8, 4) is 0 Å². The van der Waals surface area contributed by atoms with Gasteiger partial charge in [-0.05, 0) is 17.5 Å². The second kappa shape index (κ2) is 3.08. The molecule has 1 aromatic heterocycles. The molecule has 1 aliphatic heterocycles. The van der Waals surface area contributed by atoms with E-state index in [2.05, 4.69) is 16.7 Å². The Bertz CT molecular complexity index is 503. The van der Waals surface area contributed by atoms with Gasteiger partial charge in [-0.2, -0.15) is 0 Å². The summed E-state index contributed by atoms with van der Waals surface area (Å²) in [7, 11) is 0. The van der Waals surface area contributed by atoms with Crippen molar-refractivity contribution >= 4 is 10.9 Å². The molecule has 1 aromatic carbocycles. The molecule has 78 valence electrons. The molecule has 0 aliphatic carbocycles. The number of hydrogen-bond donors (Lipinski definition) is 2. The number of rotatable bonds is 0. The lowest BCUT2D eigenvalue weighted by Crippen LogP contribution is -2.37. The lowest BCUT2D eigenvalue weighted by atomic mass is 10.0. The van der Waals surface area contributed by atoms with E-state index in [1.807, 2.05) is 18.2 Å². The first-order chi connectivity index (χ1) is 7.25. The van der Waals surface area contributed by atoms with Crippen LogP contribution >= 0.6 is 0 Å². The summed E-state index contributed by atoms with van der Waals surface area (Å²) in [6.45, 7) is 0.490. The molecule has 0 amide bonds. The van der Waals surface area contributed by atoms with Crippen LogP contribution in [0.15, 0.2) is 30.3 Å². The molecule has 2 aromatic rings. The minimum absolute atomic E-state index is 0.490. The minimum atomic E-state index is -0.645. The Kier molecular flexibility index (Phi) is 1.84. The summed E-state index contributed by atoms with van der Waals surface area (Å²) in [5, 5.41) is 20.4. The Hall–Kier alpha value is -1.32. The predicted molar refractivity (Wildman–Crippen MR) is 57.7 cm³/mol. The zero-order chi connectivity index (χ0) is 10.4. The lowest BCUT2D eigenvalue weighted by Gasteiger charge is -2.26. The summed E-state index contributed by atoms with van der Waals surface area (Å²) in [5.41, 5.74) is 2.24. The third-order valence-electron chi connectivity index (χ3n) is 3.13. The van der Waals surface area contributed by atoms with Crippen LogP contribution in [0.25, 0.3) is 10.9 Å². The molecule has 1 aliphatic rings. The summed E-state index contributed by atoms with van der Waals surface area (Å²) >= 11 is 0. The van der Waals surface area contributed by atoms with Crippen molar-refractivity contribution in [2.24, 2.45) is 0 Å². The molecule has 3 rings (SSSR count). The van der Waals surface area contributed by atoms with E-state index in [0.29, 0.717) is 13.0 Å². The summed E-state index contributed by atoms with van der Waals surface area (Å²) in [5.74, 6) is 0. The van der Waals surface area contributed by atoms with Gasteiger partial charge in [0, 0.05) is 17.6 Å². The Morgan fingerprint density at radius 1 is 1.13 bits per heavy atom. The zero-order valence-corrected chi connectivity index (χ0v) is 8.30. The van der Waals surface area contributed by atoms with Crippen molar-refractivity contribution < 1.29 is 10.2 Å². The minimum Gasteiger partial charge on any atom is -0.390 e. The number of aromatic nitrogens is 1. The van der Waals surface area contributed by atoms with E-state index < -0.39 is 12.2 Å². The molecular weight excluding hydrogens is 190 g/mol. The fourth-order valence-corrected chi connectivity index (χ4v) is 2.31. The van der Waals surface area contributed by atoms with E-state index in [1.165, 1.54) is 5.39 Å². The molecule has 2 heterocycles. The summed E-state index contributed by atoms with van der Waals surface area (Å²) in [6, 6.07) is 10.2. The summed E-state index contributed by atoms with van der Waals surface area (Å²) in [4.78, 5) is 0. The highest BCUT2D eigenvalue weighted by Gasteiger charge is 2.26. The standard InChI is InChI=1S/C12H13NO2/c14-11-6-9-5-8-3-1-2-4-10(8)13(9)7-12(11)15/h1-5,11-12,14-15H,6-7H2. The largest absolute Gasteiger partial charge is 0.390 e. The molecule has 0 spiro atoms. The maximum atomic E-state index is 9.63. The average Bonchev–Trinajstić information content (AvgIpc) is 2.57. The van der Waals surface area contributed by atoms with Crippen LogP contribution in [0, 0.1) is 0 Å². The van der Waals surface area contributed by atoms with E-state index in [9.17, 15) is 10.2 Å². The summed E-state index contributed by atoms with van der Waals surface area (Å²) in [6.07, 6.45) is -0.731. The van der Waals surface area contributed by atoms with Gasteiger partial charge in [-0.25, -0.2) is 0 Å². The van der Waals surface area contributed by atoms with Crippen LogP contribution in [0.2, 0.25) is 0 Å². The van der Waals surface area contributed by atoms with Crippen LogP contribution in [0.3, 0.4) is 0 Å². The Labute approximate surface area is 87.6 Å². The van der Waals surface area contributed by atoms with Gasteiger partial charge in [0.25, 0.3) is 0 Å². The van der Waals surface area contributed by atoms with Crippen molar-refractivity contribution in [1.82, 2.24) is 4.57 Å². The van der Waals surface area contributed by atoms with Crippen molar-refractivity contribution in [2.75, 3.05) is 0 Å². The maximum Gasteiger partial charge on any atom is 0.0981 e. The van der Waals surface area contributed by atoms with E-state index in [1.54, 1.807) is 0 Å². The molecule has 0 fully saturated rings. The average molecular weight is 203 g/mol. The van der Waals surface area contributed by atoms with Crippen molar-refractivity contribution in [1.29, 1.82) is 0 Å². The van der Waals surface area contributed by atoms with Crippen LogP contribution in [0.4, 0.5) is 0 Å². The molecule has 2 atom stereocenters. The number of para-hydroxylation sites is 1. The lowest BCUT2D eigenvalue weighted by molar-refractivity contribution is -0.00170. The number of fused-ring (bicyclic) bond motifs is 3. The van der Waals surface area contributed by atoms with E-state index in [-0.39, 0.29) is 0 Å². The first-order valence-corrected chi connectivity index (χ1v) is 5.19. The van der Waals surface area contributed by atoms with Crippen LogP contribution in [-0.2, 0) is 13.0 Å². The second-order valence-corrected chi connectivity index (χ2v) is 4.14. The topological polar surface area (TPSA) is 45.4 Å². The van der Waals surface area contributed by atoms with Crippen molar-refractivity contribution in [3.63, 3.8) is 0 Å². The van der Waals surface area contributed by atoms with Gasteiger partial charge < -0.3 is 14.8 Å². The molecule has 3 nitrogen and oxygen atoms in total. The molecule has 0 saturated carbocycles. The number of hydrogen-bond acceptors (Lipinski definition) is 2. The molecular formula is C12H13NO2. The van der Waals surface area contributed by atoms with Crippen LogP contribution in [0.1, 0.15) is 5.69 Å². The first kappa shape index (κ1) is 8.95. The Balaban J connectivity index is 2.21. The smallest absolute Gasteiger partial charge is 0.0981 e. The van der Waals surface area contributed by atoms with Crippen LogP contribution in [0.5, 0.6) is 0 Å².